The normalized spacial score (nSPS) is 12.8. The largest absolute Gasteiger partial charge is 0.493 e. The number of methoxy groups -OCH3 is 1. The first kappa shape index (κ1) is 22.1. The van der Waals surface area contributed by atoms with Gasteiger partial charge >= 0.3 is 18.1 Å². The molecule has 0 spiro atoms. The van der Waals surface area contributed by atoms with Crippen molar-refractivity contribution in [1.82, 2.24) is 5.43 Å². The first-order valence-corrected chi connectivity index (χ1v) is 7.45. The van der Waals surface area contributed by atoms with Crippen LogP contribution in [0.15, 0.2) is 17.2 Å². The van der Waals surface area contributed by atoms with Gasteiger partial charge < -0.3 is 9.47 Å². The molecule has 26 heavy (non-hydrogen) atoms. The molecule has 0 aliphatic carbocycles. The van der Waals surface area contributed by atoms with Crippen molar-refractivity contribution in [3.05, 3.63) is 21.3 Å². The predicted molar refractivity (Wildman–Crippen MR) is 83.5 cm³/mol. The van der Waals surface area contributed by atoms with Crippen molar-refractivity contribution in [1.29, 1.82) is 5.26 Å². The first-order chi connectivity index (χ1) is 11.9. The SMILES string of the molecule is COc1cc(/C=N/NC(F)(F)C(F)(F)C(F)(F)F)cc(I)c1OCC#N. The molecule has 1 aromatic rings. The molecule has 0 unspecified atom stereocenters. The molecule has 0 amide bonds. The molecule has 144 valence electrons. The third-order valence-electron chi connectivity index (χ3n) is 2.70. The quantitative estimate of drug-likeness (QED) is 0.203. The Labute approximate surface area is 155 Å². The number of benzene rings is 1. The Morgan fingerprint density at radius 2 is 1.85 bits per heavy atom. The highest BCUT2D eigenvalue weighted by atomic mass is 127. The van der Waals surface area contributed by atoms with Gasteiger partial charge in [0.05, 0.1) is 16.9 Å². The maximum atomic E-state index is 13.1. The van der Waals surface area contributed by atoms with Gasteiger partial charge in [0.15, 0.2) is 18.1 Å². The minimum absolute atomic E-state index is 0.0363. The molecule has 5 nitrogen and oxygen atoms in total. The molecule has 0 aliphatic rings. The molecule has 0 bridgehead atoms. The van der Waals surface area contributed by atoms with E-state index in [1.54, 1.807) is 28.7 Å². The van der Waals surface area contributed by atoms with E-state index in [1.807, 2.05) is 0 Å². The molecule has 1 N–H and O–H groups in total. The fourth-order valence-electron chi connectivity index (χ4n) is 1.49. The zero-order chi connectivity index (χ0) is 20.2. The summed E-state index contributed by atoms with van der Waals surface area (Å²) in [6.45, 7) is -0.305. The number of nitrogens with zero attached hydrogens (tertiary/aromatic N) is 2. The zero-order valence-electron chi connectivity index (χ0n) is 12.7. The molecule has 0 saturated carbocycles. The number of nitrogens with one attached hydrogen (secondary N) is 1. The van der Waals surface area contributed by atoms with Gasteiger partial charge in [-0.25, -0.2) is 5.43 Å². The molecule has 0 saturated heterocycles. The second-order valence-electron chi connectivity index (χ2n) is 4.50. The van der Waals surface area contributed by atoms with Gasteiger partial charge in [-0.3, -0.25) is 0 Å². The van der Waals surface area contributed by atoms with Gasteiger partial charge in [0, 0.05) is 0 Å². The van der Waals surface area contributed by atoms with Gasteiger partial charge in [0.2, 0.25) is 0 Å². The highest BCUT2D eigenvalue weighted by Gasteiger charge is 2.73. The number of hydrogen-bond acceptors (Lipinski definition) is 5. The van der Waals surface area contributed by atoms with Gasteiger partial charge in [0.1, 0.15) is 6.07 Å². The van der Waals surface area contributed by atoms with Crippen molar-refractivity contribution >= 4 is 28.8 Å². The fourth-order valence-corrected chi connectivity index (χ4v) is 2.28. The summed E-state index contributed by atoms with van der Waals surface area (Å²) >= 11 is 1.75. The van der Waals surface area contributed by atoms with Gasteiger partial charge in [0.25, 0.3) is 0 Å². The second-order valence-corrected chi connectivity index (χ2v) is 5.66. The molecular formula is C13H9F7IN3O2. The Hall–Kier alpha value is -1.98. The lowest BCUT2D eigenvalue weighted by molar-refractivity contribution is -0.361. The van der Waals surface area contributed by atoms with E-state index < -0.39 is 18.1 Å². The summed E-state index contributed by atoms with van der Waals surface area (Å²) in [5.41, 5.74) is 0.545. The van der Waals surface area contributed by atoms with Gasteiger partial charge in [-0.15, -0.1) is 0 Å². The summed E-state index contributed by atoms with van der Waals surface area (Å²) in [5.74, 6) is -6.09. The van der Waals surface area contributed by atoms with Crippen LogP contribution in [0.5, 0.6) is 11.5 Å². The third-order valence-corrected chi connectivity index (χ3v) is 3.50. The van der Waals surface area contributed by atoms with Crippen LogP contribution < -0.4 is 14.9 Å². The monoisotopic (exact) mass is 499 g/mol. The van der Waals surface area contributed by atoms with Crippen LogP contribution >= 0.6 is 22.6 Å². The number of halogens is 8. The van der Waals surface area contributed by atoms with Crippen LogP contribution in [0.25, 0.3) is 0 Å². The number of rotatable bonds is 7. The van der Waals surface area contributed by atoms with E-state index in [-0.39, 0.29) is 23.7 Å². The Balaban J connectivity index is 3.02. The van der Waals surface area contributed by atoms with E-state index in [0.29, 0.717) is 15.2 Å². The molecule has 0 aromatic heterocycles. The standard InChI is InChI=1S/C13H9F7IN3O2/c1-25-9-5-7(4-8(21)10(9)26-3-2-22)6-23-24-13(19,20)11(14,15)12(16,17)18/h4-6,24H,3H2,1H3/b23-6+. The van der Waals surface area contributed by atoms with Crippen molar-refractivity contribution in [3.63, 3.8) is 0 Å². The third kappa shape index (κ3) is 4.80. The number of alkyl halides is 7. The maximum absolute atomic E-state index is 13.1. The summed E-state index contributed by atoms with van der Waals surface area (Å²) in [6.07, 6.45) is -5.86. The number of nitriles is 1. The lowest BCUT2D eigenvalue weighted by Gasteiger charge is -2.27. The molecule has 1 rings (SSSR count). The summed E-state index contributed by atoms with van der Waals surface area (Å²) in [7, 11) is 1.24. The zero-order valence-corrected chi connectivity index (χ0v) is 14.8. The Kier molecular flexibility index (Phi) is 6.91. The average Bonchev–Trinajstić information content (AvgIpc) is 2.52. The Bertz CT molecular complexity index is 717. The van der Waals surface area contributed by atoms with Crippen LogP contribution in [0.4, 0.5) is 30.7 Å². The first-order valence-electron chi connectivity index (χ1n) is 6.37. The molecule has 0 fully saturated rings. The van der Waals surface area contributed by atoms with E-state index in [2.05, 4.69) is 5.10 Å². The second kappa shape index (κ2) is 8.14. The van der Waals surface area contributed by atoms with Crippen molar-refractivity contribution in [2.45, 2.75) is 18.1 Å². The topological polar surface area (TPSA) is 66.6 Å². The van der Waals surface area contributed by atoms with Crippen LogP contribution in [0, 0.1) is 14.9 Å². The average molecular weight is 499 g/mol. The molecule has 0 aliphatic heterocycles. The Morgan fingerprint density at radius 3 is 2.35 bits per heavy atom. The number of ether oxygens (including phenoxy) is 2. The fraction of sp³-hybridized carbons (Fsp3) is 0.385. The molecule has 0 heterocycles. The van der Waals surface area contributed by atoms with Crippen molar-refractivity contribution < 1.29 is 40.2 Å². The van der Waals surface area contributed by atoms with Crippen molar-refractivity contribution in [3.8, 4) is 17.6 Å². The van der Waals surface area contributed by atoms with Crippen molar-refractivity contribution in [2.75, 3.05) is 13.7 Å². The van der Waals surface area contributed by atoms with E-state index in [4.69, 9.17) is 14.7 Å². The molecule has 1 aromatic carbocycles. The van der Waals surface area contributed by atoms with Crippen LogP contribution in [0.2, 0.25) is 0 Å². The smallest absolute Gasteiger partial charge is 0.462 e. The van der Waals surface area contributed by atoms with Gasteiger partial charge in [-0.05, 0) is 40.3 Å². The molecule has 13 heteroatoms. The maximum Gasteiger partial charge on any atom is 0.462 e. The lowest BCUT2D eigenvalue weighted by Crippen LogP contribution is -2.58. The predicted octanol–water partition coefficient (Wildman–Crippen LogP) is 3.92. The van der Waals surface area contributed by atoms with Gasteiger partial charge in [-0.1, -0.05) is 0 Å². The highest BCUT2D eigenvalue weighted by molar-refractivity contribution is 14.1. The highest BCUT2D eigenvalue weighted by Crippen LogP contribution is 2.45. The Morgan fingerprint density at radius 1 is 1.23 bits per heavy atom. The number of hydrogen-bond donors (Lipinski definition) is 1. The minimum atomic E-state index is -6.46. The van der Waals surface area contributed by atoms with E-state index in [0.717, 1.165) is 0 Å². The lowest BCUT2D eigenvalue weighted by atomic mass is 10.2. The minimum Gasteiger partial charge on any atom is -0.493 e. The summed E-state index contributed by atoms with van der Waals surface area (Å²) in [4.78, 5) is 0. The van der Waals surface area contributed by atoms with E-state index in [1.165, 1.54) is 19.2 Å². The van der Waals surface area contributed by atoms with Crippen LogP contribution in [-0.2, 0) is 0 Å². The molecule has 0 atom stereocenters. The summed E-state index contributed by atoms with van der Waals surface area (Å²) < 4.78 is 98.0. The van der Waals surface area contributed by atoms with Gasteiger partial charge in [-0.2, -0.15) is 41.1 Å². The van der Waals surface area contributed by atoms with Crippen LogP contribution in [0.1, 0.15) is 5.56 Å². The van der Waals surface area contributed by atoms with Crippen molar-refractivity contribution in [2.24, 2.45) is 5.10 Å². The summed E-state index contributed by atoms with van der Waals surface area (Å²) in [6, 6.07) is -1.45. The van der Waals surface area contributed by atoms with Crippen LogP contribution in [0.3, 0.4) is 0 Å². The van der Waals surface area contributed by atoms with E-state index >= 15 is 0 Å². The molecular weight excluding hydrogens is 490 g/mol. The van der Waals surface area contributed by atoms with Crippen LogP contribution in [-0.4, -0.2) is 38.1 Å². The summed E-state index contributed by atoms with van der Waals surface area (Å²) in [5, 5.41) is 11.2. The number of hydrazone groups is 1. The molecule has 0 radical (unpaired) electrons. The van der Waals surface area contributed by atoms with E-state index in [9.17, 15) is 30.7 Å².